The fourth-order valence-corrected chi connectivity index (χ4v) is 4.13. The summed E-state index contributed by atoms with van der Waals surface area (Å²) in [6, 6.07) is 6.30. The molecule has 1 amide bonds. The van der Waals surface area contributed by atoms with Crippen molar-refractivity contribution in [3.63, 3.8) is 0 Å². The Labute approximate surface area is 172 Å². The Morgan fingerprint density at radius 1 is 1.17 bits per heavy atom. The Morgan fingerprint density at radius 2 is 2.00 bits per heavy atom. The molecule has 3 aromatic heterocycles. The van der Waals surface area contributed by atoms with E-state index in [4.69, 9.17) is 0 Å². The Kier molecular flexibility index (Phi) is 5.10. The second kappa shape index (κ2) is 7.71. The van der Waals surface area contributed by atoms with Crippen molar-refractivity contribution >= 4 is 28.2 Å². The molecule has 0 aliphatic heterocycles. The molecular weight excluding hydrogens is 384 g/mol. The summed E-state index contributed by atoms with van der Waals surface area (Å²) in [5.41, 5.74) is 7.20. The van der Waals surface area contributed by atoms with Gasteiger partial charge in [-0.1, -0.05) is 17.7 Å². The largest absolute Gasteiger partial charge is 0.302 e. The maximum atomic E-state index is 12.5. The van der Waals surface area contributed by atoms with Gasteiger partial charge in [0.2, 0.25) is 5.91 Å². The number of amides is 1. The zero-order valence-electron chi connectivity index (χ0n) is 16.9. The lowest BCUT2D eigenvalue weighted by atomic mass is 10.0. The summed E-state index contributed by atoms with van der Waals surface area (Å²) in [6.45, 7) is 8.04. The molecular formula is C21H22N6OS. The van der Waals surface area contributed by atoms with Crippen LogP contribution in [0, 0.1) is 27.7 Å². The molecule has 0 radical (unpaired) electrons. The molecule has 0 saturated heterocycles. The number of aromatic nitrogens is 5. The van der Waals surface area contributed by atoms with Crippen LogP contribution in [0.1, 0.15) is 34.5 Å². The molecule has 7 nitrogen and oxygen atoms in total. The zero-order valence-corrected chi connectivity index (χ0v) is 17.7. The number of fused-ring (bicyclic) bond motifs is 1. The molecule has 148 valence electrons. The second-order valence-corrected chi connectivity index (χ2v) is 8.00. The van der Waals surface area contributed by atoms with Crippen LogP contribution in [0.2, 0.25) is 0 Å². The highest BCUT2D eigenvalue weighted by Crippen LogP contribution is 2.28. The molecule has 1 aromatic carbocycles. The second-order valence-electron chi connectivity index (χ2n) is 7.14. The number of carbonyl (C=O) groups is 1. The summed E-state index contributed by atoms with van der Waals surface area (Å²) < 4.78 is 1.71. The molecule has 4 aromatic rings. The van der Waals surface area contributed by atoms with Gasteiger partial charge < -0.3 is 5.32 Å². The van der Waals surface area contributed by atoms with Crippen molar-refractivity contribution in [2.75, 3.05) is 5.32 Å². The van der Waals surface area contributed by atoms with Crippen LogP contribution in [0.15, 0.2) is 29.9 Å². The Hall–Kier alpha value is -3.13. The maximum absolute atomic E-state index is 12.5. The number of hydrogen-bond acceptors (Lipinski definition) is 6. The minimum absolute atomic E-state index is 0.0654. The van der Waals surface area contributed by atoms with Crippen molar-refractivity contribution in [1.29, 1.82) is 0 Å². The van der Waals surface area contributed by atoms with Crippen LogP contribution in [-0.2, 0) is 11.2 Å². The average molecular weight is 407 g/mol. The summed E-state index contributed by atoms with van der Waals surface area (Å²) in [4.78, 5) is 25.7. The van der Waals surface area contributed by atoms with Gasteiger partial charge in [-0.25, -0.2) is 14.5 Å². The number of carbonyl (C=O) groups excluding carboxylic acids is 1. The van der Waals surface area contributed by atoms with Crippen molar-refractivity contribution in [1.82, 2.24) is 24.6 Å². The van der Waals surface area contributed by atoms with E-state index < -0.39 is 0 Å². The zero-order chi connectivity index (χ0) is 20.5. The Bertz CT molecular complexity index is 1210. The van der Waals surface area contributed by atoms with Crippen molar-refractivity contribution in [3.8, 4) is 11.3 Å². The van der Waals surface area contributed by atoms with Gasteiger partial charge in [0, 0.05) is 28.8 Å². The van der Waals surface area contributed by atoms with Crippen LogP contribution >= 0.6 is 11.3 Å². The number of thiazole rings is 1. The minimum Gasteiger partial charge on any atom is -0.302 e. The molecule has 0 atom stereocenters. The molecule has 3 heterocycles. The van der Waals surface area contributed by atoms with Crippen molar-refractivity contribution in [2.24, 2.45) is 0 Å². The normalized spacial score (nSPS) is 11.2. The van der Waals surface area contributed by atoms with Gasteiger partial charge in [0.25, 0.3) is 5.78 Å². The summed E-state index contributed by atoms with van der Waals surface area (Å²) in [7, 11) is 0. The van der Waals surface area contributed by atoms with E-state index in [0.29, 0.717) is 23.8 Å². The highest BCUT2D eigenvalue weighted by molar-refractivity contribution is 7.14. The number of rotatable bonds is 5. The van der Waals surface area contributed by atoms with Crippen LogP contribution in [0.5, 0.6) is 0 Å². The Morgan fingerprint density at radius 3 is 2.83 bits per heavy atom. The van der Waals surface area contributed by atoms with E-state index in [1.54, 1.807) is 4.52 Å². The summed E-state index contributed by atoms with van der Waals surface area (Å²) >= 11 is 1.44. The number of aryl methyl sites for hydroxylation is 4. The first kappa shape index (κ1) is 19.2. The molecule has 0 aliphatic rings. The number of benzene rings is 1. The number of nitrogens with one attached hydrogen (secondary N) is 1. The van der Waals surface area contributed by atoms with Crippen LogP contribution in [0.4, 0.5) is 5.13 Å². The third-order valence-electron chi connectivity index (χ3n) is 5.01. The predicted molar refractivity (Wildman–Crippen MR) is 114 cm³/mol. The van der Waals surface area contributed by atoms with E-state index in [2.05, 4.69) is 57.4 Å². The molecule has 0 saturated carbocycles. The fraction of sp³-hybridized carbons (Fsp3) is 0.286. The molecule has 0 fully saturated rings. The van der Waals surface area contributed by atoms with Crippen molar-refractivity contribution in [3.05, 3.63) is 58.0 Å². The SMILES string of the molecule is Cc1ccc(C)c(-c2csc(NC(=O)CCc3c(C)nc4ncnn4c3C)n2)c1. The number of nitrogens with zero attached hydrogens (tertiary/aromatic N) is 5. The molecule has 0 unspecified atom stereocenters. The molecule has 0 spiro atoms. The first-order valence-corrected chi connectivity index (χ1v) is 10.3. The fourth-order valence-electron chi connectivity index (χ4n) is 3.40. The van der Waals surface area contributed by atoms with Crippen molar-refractivity contribution < 1.29 is 4.79 Å². The lowest BCUT2D eigenvalue weighted by Crippen LogP contribution is -2.14. The van der Waals surface area contributed by atoms with E-state index in [0.717, 1.165) is 28.2 Å². The standard InChI is InChI=1S/C21H22N6OS/c1-12-5-6-13(2)17(9-12)18-10-29-21(25-18)26-19(28)8-7-16-14(3)24-20-22-11-23-27(20)15(16)4/h5-6,9-11H,7-8H2,1-4H3,(H,25,26,28). The van der Waals surface area contributed by atoms with Gasteiger partial charge in [0.1, 0.15) is 6.33 Å². The van der Waals surface area contributed by atoms with Gasteiger partial charge in [-0.3, -0.25) is 4.79 Å². The smallest absolute Gasteiger partial charge is 0.252 e. The summed E-state index contributed by atoms with van der Waals surface area (Å²) in [5.74, 6) is 0.513. The monoisotopic (exact) mass is 406 g/mol. The maximum Gasteiger partial charge on any atom is 0.252 e. The van der Waals surface area contributed by atoms with Gasteiger partial charge in [-0.05, 0) is 51.3 Å². The number of anilines is 1. The Balaban J connectivity index is 1.45. The third-order valence-corrected chi connectivity index (χ3v) is 5.77. The van der Waals surface area contributed by atoms with Gasteiger partial charge in [-0.2, -0.15) is 10.1 Å². The minimum atomic E-state index is -0.0654. The number of hydrogen-bond donors (Lipinski definition) is 1. The van der Waals surface area contributed by atoms with E-state index in [1.807, 2.05) is 19.2 Å². The lowest BCUT2D eigenvalue weighted by molar-refractivity contribution is -0.116. The molecule has 8 heteroatoms. The van der Waals surface area contributed by atoms with E-state index >= 15 is 0 Å². The molecule has 29 heavy (non-hydrogen) atoms. The van der Waals surface area contributed by atoms with E-state index in [9.17, 15) is 4.79 Å². The van der Waals surface area contributed by atoms with Gasteiger partial charge in [0.15, 0.2) is 5.13 Å². The molecule has 0 bridgehead atoms. The first-order valence-electron chi connectivity index (χ1n) is 9.41. The van der Waals surface area contributed by atoms with Crippen LogP contribution in [0.25, 0.3) is 17.0 Å². The average Bonchev–Trinajstić information content (AvgIpc) is 3.33. The van der Waals surface area contributed by atoms with Gasteiger partial charge in [0.05, 0.1) is 5.69 Å². The molecule has 0 aliphatic carbocycles. The quantitative estimate of drug-likeness (QED) is 0.540. The van der Waals surface area contributed by atoms with Gasteiger partial charge in [-0.15, -0.1) is 11.3 Å². The van der Waals surface area contributed by atoms with Crippen LogP contribution in [-0.4, -0.2) is 30.5 Å². The topological polar surface area (TPSA) is 85.1 Å². The predicted octanol–water partition coefficient (Wildman–Crippen LogP) is 4.05. The summed E-state index contributed by atoms with van der Waals surface area (Å²) in [6.07, 6.45) is 2.42. The van der Waals surface area contributed by atoms with Gasteiger partial charge >= 0.3 is 0 Å². The first-order chi connectivity index (χ1) is 13.9. The molecule has 1 N–H and O–H groups in total. The van der Waals surface area contributed by atoms with E-state index in [1.165, 1.54) is 28.8 Å². The molecule has 4 rings (SSSR count). The van der Waals surface area contributed by atoms with Crippen LogP contribution < -0.4 is 5.32 Å². The van der Waals surface area contributed by atoms with Crippen LogP contribution in [0.3, 0.4) is 0 Å². The van der Waals surface area contributed by atoms with Crippen molar-refractivity contribution in [2.45, 2.75) is 40.5 Å². The third kappa shape index (κ3) is 3.88. The van der Waals surface area contributed by atoms with E-state index in [-0.39, 0.29) is 5.91 Å². The highest BCUT2D eigenvalue weighted by Gasteiger charge is 2.14. The highest BCUT2D eigenvalue weighted by atomic mass is 32.1. The summed E-state index contributed by atoms with van der Waals surface area (Å²) in [5, 5.41) is 9.71. The lowest BCUT2D eigenvalue weighted by Gasteiger charge is -2.10.